The number of hydrogen-bond donors (Lipinski definition) is 2. The second-order valence-corrected chi connectivity index (χ2v) is 7.37. The number of likely N-dealkylation sites (tertiary alicyclic amines) is 1. The number of sulfonamides is 1. The van der Waals surface area contributed by atoms with Crippen molar-refractivity contribution in [2.45, 2.75) is 23.5 Å². The van der Waals surface area contributed by atoms with Gasteiger partial charge in [0, 0.05) is 24.2 Å². The Balaban J connectivity index is 1.92. The molecular weight excluding hydrogens is 286 g/mol. The van der Waals surface area contributed by atoms with E-state index in [-0.39, 0.29) is 16.7 Å². The van der Waals surface area contributed by atoms with E-state index < -0.39 is 10.0 Å². The summed E-state index contributed by atoms with van der Waals surface area (Å²) in [6.45, 7) is 1.24. The van der Waals surface area contributed by atoms with Gasteiger partial charge >= 0.3 is 0 Å². The van der Waals surface area contributed by atoms with E-state index in [0.29, 0.717) is 18.8 Å². The van der Waals surface area contributed by atoms with Gasteiger partial charge in [0.2, 0.25) is 5.91 Å². The number of nitrogens with zero attached hydrogens (tertiary/aromatic N) is 1. The van der Waals surface area contributed by atoms with Crippen LogP contribution in [0, 0.1) is 0 Å². The number of thiophene rings is 1. The average Bonchev–Trinajstić information content (AvgIpc) is 2.85. The van der Waals surface area contributed by atoms with Crippen molar-refractivity contribution in [3.8, 4) is 0 Å². The molecular formula is C11H17N3O3S2. The fraction of sp³-hybridized carbons (Fsp3) is 0.545. The molecule has 0 aromatic carbocycles. The predicted molar refractivity (Wildman–Crippen MR) is 74.4 cm³/mol. The molecule has 1 aliphatic heterocycles. The monoisotopic (exact) mass is 303 g/mol. The van der Waals surface area contributed by atoms with E-state index in [2.05, 4.69) is 4.72 Å². The number of rotatable bonds is 4. The number of anilines is 1. The topological polar surface area (TPSA) is 92.5 Å². The van der Waals surface area contributed by atoms with E-state index in [0.717, 1.165) is 30.6 Å². The summed E-state index contributed by atoms with van der Waals surface area (Å²) in [5.74, 6) is -0.173. The lowest BCUT2D eigenvalue weighted by molar-refractivity contribution is -0.130. The summed E-state index contributed by atoms with van der Waals surface area (Å²) in [5.41, 5.74) is 5.90. The highest BCUT2D eigenvalue weighted by atomic mass is 32.2. The second-order valence-electron chi connectivity index (χ2n) is 4.47. The Bertz CT molecular complexity index is 547. The fourth-order valence-corrected chi connectivity index (χ4v) is 4.05. The molecule has 3 N–H and O–H groups in total. The molecule has 1 saturated heterocycles. The van der Waals surface area contributed by atoms with Gasteiger partial charge in [-0.3, -0.25) is 4.79 Å². The zero-order valence-corrected chi connectivity index (χ0v) is 12.1. The molecule has 0 atom stereocenters. The van der Waals surface area contributed by atoms with Crippen LogP contribution < -0.4 is 10.5 Å². The Kier molecular flexibility index (Phi) is 4.43. The molecule has 0 radical (unpaired) electrons. The number of nitrogens with one attached hydrogen (secondary N) is 1. The van der Waals surface area contributed by atoms with E-state index in [4.69, 9.17) is 5.73 Å². The van der Waals surface area contributed by atoms with Gasteiger partial charge in [-0.15, -0.1) is 11.3 Å². The highest BCUT2D eigenvalue weighted by Crippen LogP contribution is 2.21. The molecule has 1 amide bonds. The van der Waals surface area contributed by atoms with Gasteiger partial charge in [0.15, 0.2) is 0 Å². The maximum Gasteiger partial charge on any atom is 0.250 e. The number of carbonyl (C=O) groups excluding carboxylic acids is 1. The second kappa shape index (κ2) is 5.89. The average molecular weight is 303 g/mol. The third-order valence-electron chi connectivity index (χ3n) is 2.98. The molecule has 8 heteroatoms. The van der Waals surface area contributed by atoms with Crippen LogP contribution >= 0.6 is 11.3 Å². The van der Waals surface area contributed by atoms with Gasteiger partial charge in [0.05, 0.1) is 6.54 Å². The molecule has 0 spiro atoms. The molecule has 0 bridgehead atoms. The van der Waals surface area contributed by atoms with Gasteiger partial charge in [0.25, 0.3) is 10.0 Å². The third kappa shape index (κ3) is 3.68. The molecule has 1 aromatic rings. The number of carbonyl (C=O) groups is 1. The zero-order valence-electron chi connectivity index (χ0n) is 10.5. The summed E-state index contributed by atoms with van der Waals surface area (Å²) in [6, 6.07) is 1.39. The number of nitrogen functional groups attached to an aromatic ring is 1. The molecule has 2 rings (SSSR count). The van der Waals surface area contributed by atoms with Crippen LogP contribution in [0.15, 0.2) is 15.7 Å². The first-order chi connectivity index (χ1) is 8.99. The van der Waals surface area contributed by atoms with Crippen LogP contribution in [0.1, 0.15) is 19.3 Å². The maximum absolute atomic E-state index is 11.9. The minimum Gasteiger partial charge on any atom is -0.398 e. The molecule has 1 aliphatic rings. The van der Waals surface area contributed by atoms with Crippen molar-refractivity contribution in [3.05, 3.63) is 11.4 Å². The van der Waals surface area contributed by atoms with Crippen molar-refractivity contribution in [3.63, 3.8) is 0 Å². The van der Waals surface area contributed by atoms with E-state index in [1.165, 1.54) is 6.07 Å². The van der Waals surface area contributed by atoms with Crippen LogP contribution in [-0.2, 0) is 14.8 Å². The van der Waals surface area contributed by atoms with E-state index in [1.54, 1.807) is 10.3 Å². The summed E-state index contributed by atoms with van der Waals surface area (Å²) in [6.07, 6.45) is 3.10. The predicted octanol–water partition coefficient (Wildman–Crippen LogP) is 0.621. The molecule has 1 aromatic heterocycles. The lowest BCUT2D eigenvalue weighted by atomic mass is 10.1. The van der Waals surface area contributed by atoms with Crippen LogP contribution in [-0.4, -0.2) is 38.9 Å². The van der Waals surface area contributed by atoms with Gasteiger partial charge in [-0.2, -0.15) is 0 Å². The molecule has 19 heavy (non-hydrogen) atoms. The van der Waals surface area contributed by atoms with Gasteiger partial charge < -0.3 is 10.6 Å². The van der Waals surface area contributed by atoms with Crippen molar-refractivity contribution < 1.29 is 13.2 Å². The summed E-state index contributed by atoms with van der Waals surface area (Å²) >= 11 is 1.04. The zero-order chi connectivity index (χ0) is 13.9. The molecule has 0 aliphatic carbocycles. The molecule has 0 unspecified atom stereocenters. The lowest BCUT2D eigenvalue weighted by Gasteiger charge is -2.26. The molecule has 106 valence electrons. The number of amides is 1. The summed E-state index contributed by atoms with van der Waals surface area (Å²) in [5, 5.41) is 1.56. The van der Waals surface area contributed by atoms with Crippen molar-refractivity contribution in [2.24, 2.45) is 0 Å². The highest BCUT2D eigenvalue weighted by Gasteiger charge is 2.21. The number of hydrogen-bond acceptors (Lipinski definition) is 5. The molecule has 0 saturated carbocycles. The Hall–Kier alpha value is -1.12. The van der Waals surface area contributed by atoms with Crippen LogP contribution in [0.2, 0.25) is 0 Å². The van der Waals surface area contributed by atoms with Gasteiger partial charge in [-0.1, -0.05) is 0 Å². The van der Waals surface area contributed by atoms with Gasteiger partial charge in [-0.25, -0.2) is 13.1 Å². The summed E-state index contributed by atoms with van der Waals surface area (Å²) in [4.78, 5) is 13.6. The van der Waals surface area contributed by atoms with Gasteiger partial charge in [-0.05, 0) is 25.3 Å². The van der Waals surface area contributed by atoms with Crippen LogP contribution in [0.25, 0.3) is 0 Å². The largest absolute Gasteiger partial charge is 0.398 e. The summed E-state index contributed by atoms with van der Waals surface area (Å²) in [7, 11) is -3.63. The smallest absolute Gasteiger partial charge is 0.250 e. The SMILES string of the molecule is Nc1csc(S(=O)(=O)NCC(=O)N2CCCCC2)c1. The Morgan fingerprint density at radius 2 is 2.05 bits per heavy atom. The van der Waals surface area contributed by atoms with Crippen molar-refractivity contribution in [1.29, 1.82) is 0 Å². The number of nitrogens with two attached hydrogens (primary N) is 1. The first-order valence-electron chi connectivity index (χ1n) is 6.10. The summed E-state index contributed by atoms with van der Waals surface area (Å²) < 4.78 is 26.3. The van der Waals surface area contributed by atoms with Crippen molar-refractivity contribution >= 4 is 33.0 Å². The Morgan fingerprint density at radius 1 is 1.37 bits per heavy atom. The first kappa shape index (κ1) is 14.3. The van der Waals surface area contributed by atoms with Crippen molar-refractivity contribution in [1.82, 2.24) is 9.62 Å². The van der Waals surface area contributed by atoms with Crippen LogP contribution in [0.3, 0.4) is 0 Å². The minimum absolute atomic E-state index is 0.136. The van der Waals surface area contributed by atoms with E-state index in [1.807, 2.05) is 0 Å². The quantitative estimate of drug-likeness (QED) is 0.853. The van der Waals surface area contributed by atoms with Gasteiger partial charge in [0.1, 0.15) is 4.21 Å². The first-order valence-corrected chi connectivity index (χ1v) is 8.47. The minimum atomic E-state index is -3.63. The molecule has 6 nitrogen and oxygen atoms in total. The highest BCUT2D eigenvalue weighted by molar-refractivity contribution is 7.91. The fourth-order valence-electron chi connectivity index (χ4n) is 1.95. The van der Waals surface area contributed by atoms with E-state index >= 15 is 0 Å². The molecule has 1 fully saturated rings. The lowest BCUT2D eigenvalue weighted by Crippen LogP contribution is -2.42. The Labute approximate surface area is 116 Å². The standard InChI is InChI=1S/C11H17N3O3S2/c12-9-6-11(18-8-9)19(16,17)13-7-10(15)14-4-2-1-3-5-14/h6,8,13H,1-5,7,12H2. The van der Waals surface area contributed by atoms with Crippen molar-refractivity contribution in [2.75, 3.05) is 25.4 Å². The molecule has 2 heterocycles. The van der Waals surface area contributed by atoms with Crippen LogP contribution in [0.4, 0.5) is 5.69 Å². The number of piperidine rings is 1. The van der Waals surface area contributed by atoms with Crippen LogP contribution in [0.5, 0.6) is 0 Å². The third-order valence-corrected chi connectivity index (χ3v) is 5.84. The normalized spacial score (nSPS) is 16.5. The van der Waals surface area contributed by atoms with E-state index in [9.17, 15) is 13.2 Å². The Morgan fingerprint density at radius 3 is 2.63 bits per heavy atom. The maximum atomic E-state index is 11.9.